The second-order valence-corrected chi connectivity index (χ2v) is 5.19. The van der Waals surface area contributed by atoms with Gasteiger partial charge in [0.2, 0.25) is 0 Å². The maximum atomic E-state index is 6.17. The molecule has 102 valence electrons. The number of nitrogens with one attached hydrogen (secondary N) is 2. The minimum absolute atomic E-state index is 0.634. The lowest BCUT2D eigenvalue weighted by molar-refractivity contribution is 1.04. The number of rotatable bonds is 3. The highest BCUT2D eigenvalue weighted by Gasteiger charge is 2.08. The number of benzene rings is 1. The fraction of sp³-hybridized carbons (Fsp3) is 0.200. The quantitative estimate of drug-likeness (QED) is 0.769. The van der Waals surface area contributed by atoms with Gasteiger partial charge in [-0.1, -0.05) is 29.8 Å². The molecular formula is C15H15ClN4. The van der Waals surface area contributed by atoms with Crippen molar-refractivity contribution in [3.05, 3.63) is 52.4 Å². The smallest absolute Gasteiger partial charge is 0.143 e. The van der Waals surface area contributed by atoms with Gasteiger partial charge in [-0.05, 0) is 31.5 Å². The van der Waals surface area contributed by atoms with Crippen LogP contribution in [0, 0.1) is 13.8 Å². The molecule has 0 unspecified atom stereocenters. The van der Waals surface area contributed by atoms with E-state index in [9.17, 15) is 0 Å². The summed E-state index contributed by atoms with van der Waals surface area (Å²) in [5.74, 6) is 1.57. The van der Waals surface area contributed by atoms with E-state index in [0.717, 1.165) is 39.0 Å². The standard InChI is InChI=1S/C15H15ClN4/c1-9-7-12-14(19-10(2)20-15(12)18-9)17-8-11-5-3-4-6-13(11)16/h3-7H,8H2,1-2H3,(H2,17,18,19,20). The van der Waals surface area contributed by atoms with E-state index in [4.69, 9.17) is 11.6 Å². The van der Waals surface area contributed by atoms with Gasteiger partial charge in [0.05, 0.1) is 5.39 Å². The molecule has 3 rings (SSSR count). The highest BCUT2D eigenvalue weighted by Crippen LogP contribution is 2.23. The molecule has 0 saturated carbocycles. The minimum Gasteiger partial charge on any atom is -0.365 e. The average Bonchev–Trinajstić information content (AvgIpc) is 2.77. The average molecular weight is 287 g/mol. The van der Waals surface area contributed by atoms with E-state index in [-0.39, 0.29) is 0 Å². The molecule has 0 radical (unpaired) electrons. The Balaban J connectivity index is 1.93. The third-order valence-electron chi connectivity index (χ3n) is 3.14. The van der Waals surface area contributed by atoms with Gasteiger partial charge >= 0.3 is 0 Å². The van der Waals surface area contributed by atoms with Gasteiger partial charge in [-0.3, -0.25) is 0 Å². The summed E-state index contributed by atoms with van der Waals surface area (Å²) in [5.41, 5.74) is 2.98. The maximum absolute atomic E-state index is 6.17. The number of aromatic amines is 1. The van der Waals surface area contributed by atoms with E-state index in [1.165, 1.54) is 0 Å². The second-order valence-electron chi connectivity index (χ2n) is 4.78. The number of aryl methyl sites for hydroxylation is 2. The Morgan fingerprint density at radius 3 is 2.80 bits per heavy atom. The molecule has 0 aliphatic rings. The summed E-state index contributed by atoms with van der Waals surface area (Å²) in [6, 6.07) is 9.84. The predicted molar refractivity (Wildman–Crippen MR) is 82.1 cm³/mol. The molecule has 0 saturated heterocycles. The van der Waals surface area contributed by atoms with Crippen molar-refractivity contribution < 1.29 is 0 Å². The molecule has 20 heavy (non-hydrogen) atoms. The Morgan fingerprint density at radius 1 is 1.20 bits per heavy atom. The lowest BCUT2D eigenvalue weighted by Gasteiger charge is -2.08. The lowest BCUT2D eigenvalue weighted by Crippen LogP contribution is -2.04. The van der Waals surface area contributed by atoms with Gasteiger partial charge in [0, 0.05) is 17.3 Å². The van der Waals surface area contributed by atoms with Crippen LogP contribution < -0.4 is 5.32 Å². The SMILES string of the molecule is Cc1nc(NCc2ccccc2Cl)c2cc(C)[nH]c2n1. The predicted octanol–water partition coefficient (Wildman–Crippen LogP) is 3.84. The fourth-order valence-corrected chi connectivity index (χ4v) is 2.41. The number of fused-ring (bicyclic) bond motifs is 1. The van der Waals surface area contributed by atoms with E-state index >= 15 is 0 Å². The number of halogens is 1. The summed E-state index contributed by atoms with van der Waals surface area (Å²) in [6.45, 7) is 4.53. The maximum Gasteiger partial charge on any atom is 0.143 e. The van der Waals surface area contributed by atoms with Gasteiger partial charge in [-0.25, -0.2) is 9.97 Å². The van der Waals surface area contributed by atoms with Crippen LogP contribution in [-0.4, -0.2) is 15.0 Å². The molecule has 0 atom stereocenters. The van der Waals surface area contributed by atoms with E-state index in [2.05, 4.69) is 20.3 Å². The highest BCUT2D eigenvalue weighted by molar-refractivity contribution is 6.31. The summed E-state index contributed by atoms with van der Waals surface area (Å²) in [6.07, 6.45) is 0. The molecule has 2 heterocycles. The lowest BCUT2D eigenvalue weighted by atomic mass is 10.2. The van der Waals surface area contributed by atoms with Crippen molar-refractivity contribution in [3.63, 3.8) is 0 Å². The van der Waals surface area contributed by atoms with Crippen LogP contribution in [-0.2, 0) is 6.54 Å². The molecule has 0 aliphatic carbocycles. The van der Waals surface area contributed by atoms with Crippen LogP contribution >= 0.6 is 11.6 Å². The Morgan fingerprint density at radius 2 is 2.00 bits per heavy atom. The number of nitrogens with zero attached hydrogens (tertiary/aromatic N) is 2. The number of aromatic nitrogens is 3. The number of H-pyrrole nitrogens is 1. The van der Waals surface area contributed by atoms with Gasteiger partial charge in [0.15, 0.2) is 0 Å². The van der Waals surface area contributed by atoms with E-state index in [1.54, 1.807) is 0 Å². The first kappa shape index (κ1) is 12.9. The Hall–Kier alpha value is -2.07. The molecule has 0 fully saturated rings. The van der Waals surface area contributed by atoms with Crippen LogP contribution in [0.2, 0.25) is 5.02 Å². The highest BCUT2D eigenvalue weighted by atomic mass is 35.5. The molecule has 0 aliphatic heterocycles. The van der Waals surface area contributed by atoms with Crippen molar-refractivity contribution in [2.75, 3.05) is 5.32 Å². The van der Waals surface area contributed by atoms with Gasteiger partial charge in [0.25, 0.3) is 0 Å². The summed E-state index contributed by atoms with van der Waals surface area (Å²) in [7, 11) is 0. The van der Waals surface area contributed by atoms with Crippen LogP contribution in [0.4, 0.5) is 5.82 Å². The molecule has 0 bridgehead atoms. The van der Waals surface area contributed by atoms with Gasteiger partial charge in [-0.2, -0.15) is 0 Å². The second kappa shape index (κ2) is 5.13. The Kier molecular flexibility index (Phi) is 3.32. The van der Waals surface area contributed by atoms with Crippen LogP contribution in [0.15, 0.2) is 30.3 Å². The van der Waals surface area contributed by atoms with Crippen LogP contribution in [0.25, 0.3) is 11.0 Å². The van der Waals surface area contributed by atoms with Gasteiger partial charge in [-0.15, -0.1) is 0 Å². The largest absolute Gasteiger partial charge is 0.365 e. The number of hydrogen-bond acceptors (Lipinski definition) is 3. The first-order valence-electron chi connectivity index (χ1n) is 6.45. The van der Waals surface area contributed by atoms with E-state index < -0.39 is 0 Å². The zero-order chi connectivity index (χ0) is 14.1. The first-order valence-corrected chi connectivity index (χ1v) is 6.82. The molecule has 4 nitrogen and oxygen atoms in total. The Bertz CT molecular complexity index is 764. The first-order chi connectivity index (χ1) is 9.63. The number of hydrogen-bond donors (Lipinski definition) is 2. The van der Waals surface area contributed by atoms with Crippen LogP contribution in [0.1, 0.15) is 17.1 Å². The normalized spacial score (nSPS) is 10.9. The van der Waals surface area contributed by atoms with Crippen molar-refractivity contribution in [1.29, 1.82) is 0 Å². The van der Waals surface area contributed by atoms with E-state index in [0.29, 0.717) is 6.54 Å². The summed E-state index contributed by atoms with van der Waals surface area (Å²) >= 11 is 6.17. The fourth-order valence-electron chi connectivity index (χ4n) is 2.21. The van der Waals surface area contributed by atoms with E-state index in [1.807, 2.05) is 44.2 Å². The molecule has 1 aromatic carbocycles. The van der Waals surface area contributed by atoms with Crippen molar-refractivity contribution in [1.82, 2.24) is 15.0 Å². The van der Waals surface area contributed by atoms with Crippen LogP contribution in [0.3, 0.4) is 0 Å². The molecule has 2 aromatic heterocycles. The molecular weight excluding hydrogens is 272 g/mol. The van der Waals surface area contributed by atoms with Crippen molar-refractivity contribution in [3.8, 4) is 0 Å². The topological polar surface area (TPSA) is 53.6 Å². The summed E-state index contributed by atoms with van der Waals surface area (Å²) in [5, 5.41) is 5.10. The molecule has 3 aromatic rings. The third-order valence-corrected chi connectivity index (χ3v) is 3.51. The molecule has 0 spiro atoms. The molecule has 0 amide bonds. The molecule has 5 heteroatoms. The zero-order valence-corrected chi connectivity index (χ0v) is 12.1. The Labute approximate surface area is 122 Å². The van der Waals surface area contributed by atoms with Crippen LogP contribution in [0.5, 0.6) is 0 Å². The molecule has 2 N–H and O–H groups in total. The van der Waals surface area contributed by atoms with Gasteiger partial charge in [0.1, 0.15) is 17.3 Å². The number of anilines is 1. The minimum atomic E-state index is 0.634. The third kappa shape index (κ3) is 2.47. The van der Waals surface area contributed by atoms with Gasteiger partial charge < -0.3 is 10.3 Å². The van der Waals surface area contributed by atoms with Crippen molar-refractivity contribution in [2.45, 2.75) is 20.4 Å². The summed E-state index contributed by atoms with van der Waals surface area (Å²) < 4.78 is 0. The summed E-state index contributed by atoms with van der Waals surface area (Å²) in [4.78, 5) is 12.1. The van der Waals surface area contributed by atoms with Crippen molar-refractivity contribution in [2.24, 2.45) is 0 Å². The van der Waals surface area contributed by atoms with Crippen molar-refractivity contribution >= 4 is 28.5 Å². The zero-order valence-electron chi connectivity index (χ0n) is 11.4. The monoisotopic (exact) mass is 286 g/mol.